The van der Waals surface area contributed by atoms with Crippen LogP contribution in [0.4, 0.5) is 27.3 Å². The maximum atomic E-state index is 12.9. The molecule has 0 radical (unpaired) electrons. The molecule has 0 aliphatic carbocycles. The van der Waals surface area contributed by atoms with Crippen molar-refractivity contribution in [3.05, 3.63) is 72.4 Å². The summed E-state index contributed by atoms with van der Waals surface area (Å²) in [6.45, 7) is 1.88. The van der Waals surface area contributed by atoms with Gasteiger partial charge in [0, 0.05) is 41.7 Å². The standard InChI is InChI=1S/C21H20FN5O2/c1-14-12-19(24-13-23-14)25-16-6-8-18(9-7-16)27-21(29)11-10-20(28)26-17-4-2-15(22)3-5-17/h2-9,12-13H,10-11H2,1H3,(H,26,28)(H,27,29)(H,23,24,25). The van der Waals surface area contributed by atoms with Crippen molar-refractivity contribution in [2.75, 3.05) is 16.0 Å². The summed E-state index contributed by atoms with van der Waals surface area (Å²) in [5, 5.41) is 8.52. The maximum Gasteiger partial charge on any atom is 0.224 e. The SMILES string of the molecule is Cc1cc(Nc2ccc(NC(=O)CCC(=O)Nc3ccc(F)cc3)cc2)ncn1. The third-order valence-electron chi connectivity index (χ3n) is 3.95. The van der Waals surface area contributed by atoms with Crippen molar-refractivity contribution in [1.29, 1.82) is 0 Å². The van der Waals surface area contributed by atoms with Crippen LogP contribution in [0.5, 0.6) is 0 Å². The Morgan fingerprint density at radius 3 is 1.90 bits per heavy atom. The zero-order chi connectivity index (χ0) is 20.6. The topological polar surface area (TPSA) is 96.0 Å². The summed E-state index contributed by atoms with van der Waals surface area (Å²) in [5.74, 6) is -0.282. The number of carbonyl (C=O) groups excluding carboxylic acids is 2. The second-order valence-corrected chi connectivity index (χ2v) is 6.35. The van der Waals surface area contributed by atoms with Crippen molar-refractivity contribution in [3.63, 3.8) is 0 Å². The Morgan fingerprint density at radius 2 is 1.34 bits per heavy atom. The molecule has 2 aromatic carbocycles. The van der Waals surface area contributed by atoms with Gasteiger partial charge in [0.05, 0.1) is 0 Å². The molecule has 0 aliphatic rings. The highest BCUT2D eigenvalue weighted by molar-refractivity contribution is 5.96. The minimum atomic E-state index is -0.379. The smallest absolute Gasteiger partial charge is 0.224 e. The van der Waals surface area contributed by atoms with E-state index in [-0.39, 0.29) is 30.5 Å². The van der Waals surface area contributed by atoms with Crippen molar-refractivity contribution in [1.82, 2.24) is 9.97 Å². The molecule has 2 amide bonds. The van der Waals surface area contributed by atoms with Gasteiger partial charge in [-0.05, 0) is 55.5 Å². The molecule has 0 saturated carbocycles. The monoisotopic (exact) mass is 393 g/mol. The van der Waals surface area contributed by atoms with Crippen molar-refractivity contribution in [2.45, 2.75) is 19.8 Å². The Morgan fingerprint density at radius 1 is 0.828 bits per heavy atom. The van der Waals surface area contributed by atoms with Crippen LogP contribution in [0.1, 0.15) is 18.5 Å². The molecule has 8 heteroatoms. The summed E-state index contributed by atoms with van der Waals surface area (Å²) in [5.41, 5.74) is 2.78. The number of hydrogen-bond acceptors (Lipinski definition) is 5. The molecule has 148 valence electrons. The van der Waals surface area contributed by atoms with Crippen molar-refractivity contribution in [2.24, 2.45) is 0 Å². The number of hydrogen-bond donors (Lipinski definition) is 3. The lowest BCUT2D eigenvalue weighted by molar-refractivity contribution is -0.121. The molecule has 0 spiro atoms. The lowest BCUT2D eigenvalue weighted by Crippen LogP contribution is -2.17. The van der Waals surface area contributed by atoms with E-state index in [1.807, 2.05) is 25.1 Å². The highest BCUT2D eigenvalue weighted by Crippen LogP contribution is 2.18. The van der Waals surface area contributed by atoms with Crippen LogP contribution in [0, 0.1) is 12.7 Å². The second kappa shape index (κ2) is 9.41. The molecule has 1 aromatic heterocycles. The van der Waals surface area contributed by atoms with Crippen LogP contribution in [0.2, 0.25) is 0 Å². The Bertz CT molecular complexity index is 991. The van der Waals surface area contributed by atoms with Crippen LogP contribution >= 0.6 is 0 Å². The van der Waals surface area contributed by atoms with Gasteiger partial charge in [0.2, 0.25) is 11.8 Å². The number of benzene rings is 2. The minimum Gasteiger partial charge on any atom is -0.340 e. The van der Waals surface area contributed by atoms with Crippen LogP contribution in [-0.4, -0.2) is 21.8 Å². The number of nitrogens with zero attached hydrogens (tertiary/aromatic N) is 2. The third kappa shape index (κ3) is 6.39. The molecular formula is C21H20FN5O2. The Labute approximate surface area is 167 Å². The fraction of sp³-hybridized carbons (Fsp3) is 0.143. The van der Waals surface area contributed by atoms with Gasteiger partial charge in [-0.3, -0.25) is 9.59 Å². The predicted octanol–water partition coefficient (Wildman–Crippen LogP) is 4.03. The summed E-state index contributed by atoms with van der Waals surface area (Å²) in [7, 11) is 0. The number of nitrogens with one attached hydrogen (secondary N) is 3. The Balaban J connectivity index is 1.45. The first-order valence-electron chi connectivity index (χ1n) is 8.99. The van der Waals surface area contributed by atoms with Gasteiger partial charge in [0.15, 0.2) is 0 Å². The average molecular weight is 393 g/mol. The number of aromatic nitrogens is 2. The molecule has 3 rings (SSSR count). The van der Waals surface area contributed by atoms with Crippen LogP contribution in [0.25, 0.3) is 0 Å². The molecule has 29 heavy (non-hydrogen) atoms. The maximum absolute atomic E-state index is 12.9. The van der Waals surface area contributed by atoms with E-state index in [2.05, 4.69) is 25.9 Å². The van der Waals surface area contributed by atoms with E-state index in [0.717, 1.165) is 11.4 Å². The minimum absolute atomic E-state index is 0.0237. The number of halogens is 1. The van der Waals surface area contributed by atoms with Gasteiger partial charge in [-0.2, -0.15) is 0 Å². The van der Waals surface area contributed by atoms with Gasteiger partial charge < -0.3 is 16.0 Å². The van der Waals surface area contributed by atoms with E-state index in [0.29, 0.717) is 17.2 Å². The highest BCUT2D eigenvalue weighted by atomic mass is 19.1. The summed E-state index contributed by atoms with van der Waals surface area (Å²) in [6.07, 6.45) is 1.54. The molecule has 0 fully saturated rings. The Kier molecular flexibility index (Phi) is 6.47. The molecule has 0 aliphatic heterocycles. The molecular weight excluding hydrogens is 373 g/mol. The van der Waals surface area contributed by atoms with Gasteiger partial charge in [0.25, 0.3) is 0 Å². The first-order valence-corrected chi connectivity index (χ1v) is 8.99. The fourth-order valence-corrected chi connectivity index (χ4v) is 2.51. The second-order valence-electron chi connectivity index (χ2n) is 6.35. The van der Waals surface area contributed by atoms with Gasteiger partial charge in [-0.15, -0.1) is 0 Å². The number of carbonyl (C=O) groups is 2. The quantitative estimate of drug-likeness (QED) is 0.563. The lowest BCUT2D eigenvalue weighted by Gasteiger charge is -2.09. The molecule has 3 aromatic rings. The van der Waals surface area contributed by atoms with Gasteiger partial charge in [0.1, 0.15) is 18.0 Å². The molecule has 0 bridgehead atoms. The van der Waals surface area contributed by atoms with Crippen molar-refractivity contribution >= 4 is 34.7 Å². The van der Waals surface area contributed by atoms with E-state index in [1.54, 1.807) is 12.1 Å². The van der Waals surface area contributed by atoms with Crippen LogP contribution in [0.15, 0.2) is 60.9 Å². The first kappa shape index (κ1) is 19.9. The number of aryl methyl sites for hydroxylation is 1. The zero-order valence-corrected chi connectivity index (χ0v) is 15.8. The summed E-state index contributed by atoms with van der Waals surface area (Å²) < 4.78 is 12.9. The molecule has 0 saturated heterocycles. The van der Waals surface area contributed by atoms with Crippen molar-refractivity contribution < 1.29 is 14.0 Å². The summed E-state index contributed by atoms with van der Waals surface area (Å²) in [6, 6.07) is 14.4. The van der Waals surface area contributed by atoms with Gasteiger partial charge in [-0.25, -0.2) is 14.4 Å². The van der Waals surface area contributed by atoms with E-state index in [4.69, 9.17) is 0 Å². The molecule has 0 unspecified atom stereocenters. The Hall–Kier alpha value is -3.81. The van der Waals surface area contributed by atoms with E-state index < -0.39 is 0 Å². The number of rotatable bonds is 7. The summed E-state index contributed by atoms with van der Waals surface area (Å²) >= 11 is 0. The number of anilines is 4. The predicted molar refractivity (Wildman–Crippen MR) is 109 cm³/mol. The molecule has 0 atom stereocenters. The van der Waals surface area contributed by atoms with Crippen LogP contribution in [0.3, 0.4) is 0 Å². The number of amides is 2. The van der Waals surface area contributed by atoms with E-state index in [9.17, 15) is 14.0 Å². The van der Waals surface area contributed by atoms with Gasteiger partial charge in [-0.1, -0.05) is 0 Å². The normalized spacial score (nSPS) is 10.3. The van der Waals surface area contributed by atoms with Crippen molar-refractivity contribution in [3.8, 4) is 0 Å². The molecule has 3 N–H and O–H groups in total. The lowest BCUT2D eigenvalue weighted by atomic mass is 10.2. The zero-order valence-electron chi connectivity index (χ0n) is 15.8. The van der Waals surface area contributed by atoms with Crippen LogP contribution in [-0.2, 0) is 9.59 Å². The largest absolute Gasteiger partial charge is 0.340 e. The average Bonchev–Trinajstić information content (AvgIpc) is 2.70. The van der Waals surface area contributed by atoms with E-state index >= 15 is 0 Å². The first-order chi connectivity index (χ1) is 14.0. The highest BCUT2D eigenvalue weighted by Gasteiger charge is 2.08. The fourth-order valence-electron chi connectivity index (χ4n) is 2.51. The summed E-state index contributed by atoms with van der Waals surface area (Å²) in [4.78, 5) is 32.1. The molecule has 7 nitrogen and oxygen atoms in total. The van der Waals surface area contributed by atoms with Gasteiger partial charge >= 0.3 is 0 Å². The van der Waals surface area contributed by atoms with E-state index in [1.165, 1.54) is 30.6 Å². The van der Waals surface area contributed by atoms with Crippen LogP contribution < -0.4 is 16.0 Å². The third-order valence-corrected chi connectivity index (χ3v) is 3.95. The molecule has 1 heterocycles.